The summed E-state index contributed by atoms with van der Waals surface area (Å²) in [5.74, 6) is 1.54. The molecular weight excluding hydrogens is 428 g/mol. The van der Waals surface area contributed by atoms with E-state index in [2.05, 4.69) is 109 Å². The minimum atomic E-state index is 0.180. The van der Waals surface area contributed by atoms with Crippen LogP contribution in [0.15, 0.2) is 113 Å². The van der Waals surface area contributed by atoms with Gasteiger partial charge < -0.3 is 9.88 Å². The number of nitrogens with zero attached hydrogens (tertiary/aromatic N) is 3. The van der Waals surface area contributed by atoms with Crippen LogP contribution in [0.2, 0.25) is 0 Å². The van der Waals surface area contributed by atoms with Crippen molar-refractivity contribution in [2.75, 3.05) is 7.05 Å². The van der Waals surface area contributed by atoms with Gasteiger partial charge in [-0.2, -0.15) is 0 Å². The van der Waals surface area contributed by atoms with Gasteiger partial charge in [0, 0.05) is 40.7 Å². The van der Waals surface area contributed by atoms with Crippen LogP contribution in [-0.2, 0) is 0 Å². The van der Waals surface area contributed by atoms with Crippen LogP contribution in [0.3, 0.4) is 0 Å². The van der Waals surface area contributed by atoms with E-state index in [9.17, 15) is 0 Å². The van der Waals surface area contributed by atoms with Gasteiger partial charge in [0.1, 0.15) is 5.84 Å². The lowest BCUT2D eigenvalue weighted by Gasteiger charge is -2.12. The third-order valence-electron chi connectivity index (χ3n) is 6.40. The number of nitrogens with one attached hydrogen (secondary N) is 1. The first kappa shape index (κ1) is 22.6. The maximum Gasteiger partial charge on any atom is 0.157 e. The van der Waals surface area contributed by atoms with Crippen molar-refractivity contribution in [1.82, 2.24) is 9.88 Å². The van der Waals surface area contributed by atoms with Gasteiger partial charge in [-0.1, -0.05) is 73.7 Å². The molecule has 0 spiro atoms. The van der Waals surface area contributed by atoms with Gasteiger partial charge in [-0.15, -0.1) is 0 Å². The third kappa shape index (κ3) is 4.47. The van der Waals surface area contributed by atoms with Crippen molar-refractivity contribution in [1.29, 1.82) is 0 Å². The number of aromatic nitrogens is 1. The van der Waals surface area contributed by atoms with Crippen molar-refractivity contribution >= 4 is 33.5 Å². The molecule has 0 aliphatic carbocycles. The van der Waals surface area contributed by atoms with Crippen LogP contribution in [0, 0.1) is 0 Å². The van der Waals surface area contributed by atoms with Crippen molar-refractivity contribution < 1.29 is 0 Å². The molecule has 4 aromatic carbocycles. The number of rotatable bonds is 5. The van der Waals surface area contributed by atoms with Gasteiger partial charge in [0.2, 0.25) is 0 Å². The second-order valence-electron chi connectivity index (χ2n) is 8.70. The highest BCUT2D eigenvalue weighted by Crippen LogP contribution is 2.31. The van der Waals surface area contributed by atoms with Crippen LogP contribution >= 0.6 is 0 Å². The Bertz CT molecular complexity index is 1460. The highest BCUT2D eigenvalue weighted by Gasteiger charge is 2.13. The van der Waals surface area contributed by atoms with Crippen LogP contribution in [0.25, 0.3) is 27.5 Å². The fraction of sp³-hybridized carbons (Fsp3) is 0.161. The Morgan fingerprint density at radius 2 is 1.31 bits per heavy atom. The maximum atomic E-state index is 4.96. The maximum absolute atomic E-state index is 4.96. The molecule has 0 bridgehead atoms. The molecule has 0 saturated carbocycles. The van der Waals surface area contributed by atoms with Crippen LogP contribution in [0.4, 0.5) is 0 Å². The largest absolute Gasteiger partial charge is 0.373 e. The lowest BCUT2D eigenvalue weighted by molar-refractivity contribution is 0.716. The summed E-state index contributed by atoms with van der Waals surface area (Å²) in [6.45, 7) is 4.28. The first-order chi connectivity index (χ1) is 17.2. The van der Waals surface area contributed by atoms with E-state index in [1.165, 1.54) is 21.8 Å². The fourth-order valence-electron chi connectivity index (χ4n) is 4.39. The summed E-state index contributed by atoms with van der Waals surface area (Å²) < 4.78 is 2.33. The number of hydrogen-bond donors (Lipinski definition) is 1. The SMILES string of the molecule is CC[C@H](C)/N=C(\N=C(/NC)c1ccccc1)c1ccc(-n2c3ccccc3c3ccccc32)cc1. The fourth-order valence-corrected chi connectivity index (χ4v) is 4.39. The quantitative estimate of drug-likeness (QED) is 0.224. The lowest BCUT2D eigenvalue weighted by atomic mass is 10.1. The molecule has 174 valence electrons. The summed E-state index contributed by atoms with van der Waals surface area (Å²) >= 11 is 0. The summed E-state index contributed by atoms with van der Waals surface area (Å²) in [5.41, 5.74) is 5.56. The van der Waals surface area contributed by atoms with E-state index in [-0.39, 0.29) is 6.04 Å². The van der Waals surface area contributed by atoms with E-state index >= 15 is 0 Å². The molecule has 1 heterocycles. The Morgan fingerprint density at radius 3 is 1.89 bits per heavy atom. The molecule has 4 nitrogen and oxygen atoms in total. The molecule has 5 aromatic rings. The number of aliphatic imine (C=N–C) groups is 2. The van der Waals surface area contributed by atoms with Crippen LogP contribution < -0.4 is 5.32 Å². The first-order valence-electron chi connectivity index (χ1n) is 12.2. The zero-order valence-electron chi connectivity index (χ0n) is 20.4. The number of hydrogen-bond acceptors (Lipinski definition) is 1. The summed E-state index contributed by atoms with van der Waals surface area (Å²) in [6.07, 6.45) is 0.957. The summed E-state index contributed by atoms with van der Waals surface area (Å²) in [4.78, 5) is 9.92. The molecule has 35 heavy (non-hydrogen) atoms. The molecule has 5 rings (SSSR count). The molecular formula is C31H30N4. The Morgan fingerprint density at radius 1 is 0.743 bits per heavy atom. The molecule has 4 heteroatoms. The average Bonchev–Trinajstić information content (AvgIpc) is 3.26. The normalized spacial score (nSPS) is 13.3. The first-order valence-corrected chi connectivity index (χ1v) is 12.2. The predicted octanol–water partition coefficient (Wildman–Crippen LogP) is 7.00. The summed E-state index contributed by atoms with van der Waals surface area (Å²) in [6, 6.07) is 36.1. The monoisotopic (exact) mass is 458 g/mol. The van der Waals surface area contributed by atoms with Crippen molar-refractivity contribution in [3.8, 4) is 5.69 Å². The summed E-state index contributed by atoms with van der Waals surface area (Å²) in [5, 5.41) is 5.77. The zero-order chi connectivity index (χ0) is 24.2. The van der Waals surface area contributed by atoms with E-state index in [0.717, 1.165) is 34.9 Å². The number of para-hydroxylation sites is 2. The molecule has 1 atom stereocenters. The van der Waals surface area contributed by atoms with E-state index < -0.39 is 0 Å². The minimum Gasteiger partial charge on any atom is -0.373 e. The number of amidine groups is 2. The van der Waals surface area contributed by atoms with E-state index in [1.807, 2.05) is 25.2 Å². The molecule has 1 aromatic heterocycles. The highest BCUT2D eigenvalue weighted by atomic mass is 15.0. The van der Waals surface area contributed by atoms with Crippen LogP contribution in [0.5, 0.6) is 0 Å². The van der Waals surface area contributed by atoms with Gasteiger partial charge in [0.25, 0.3) is 0 Å². The minimum absolute atomic E-state index is 0.180. The Kier molecular flexibility index (Phi) is 6.44. The Hall–Kier alpha value is -4.18. The molecule has 0 amide bonds. The van der Waals surface area contributed by atoms with Crippen LogP contribution in [-0.4, -0.2) is 29.3 Å². The Labute approximate surface area is 206 Å². The second-order valence-corrected chi connectivity index (χ2v) is 8.70. The predicted molar refractivity (Wildman–Crippen MR) is 149 cm³/mol. The smallest absolute Gasteiger partial charge is 0.157 e. The average molecular weight is 459 g/mol. The van der Waals surface area contributed by atoms with Gasteiger partial charge in [-0.05, 0) is 49.7 Å². The molecule has 0 radical (unpaired) electrons. The molecule has 0 saturated heterocycles. The Balaban J connectivity index is 1.60. The van der Waals surface area contributed by atoms with Crippen molar-refractivity contribution in [3.05, 3.63) is 114 Å². The van der Waals surface area contributed by atoms with Crippen molar-refractivity contribution in [2.45, 2.75) is 26.3 Å². The molecule has 0 unspecified atom stereocenters. The number of benzene rings is 4. The van der Waals surface area contributed by atoms with Crippen molar-refractivity contribution in [3.63, 3.8) is 0 Å². The summed E-state index contributed by atoms with van der Waals surface area (Å²) in [7, 11) is 1.90. The molecule has 1 N–H and O–H groups in total. The van der Waals surface area contributed by atoms with Gasteiger partial charge >= 0.3 is 0 Å². The van der Waals surface area contributed by atoms with Gasteiger partial charge in [0.05, 0.1) is 11.0 Å². The van der Waals surface area contributed by atoms with E-state index in [0.29, 0.717) is 0 Å². The van der Waals surface area contributed by atoms with E-state index in [4.69, 9.17) is 9.98 Å². The third-order valence-corrected chi connectivity index (χ3v) is 6.40. The van der Waals surface area contributed by atoms with Crippen molar-refractivity contribution in [2.24, 2.45) is 9.98 Å². The van der Waals surface area contributed by atoms with Gasteiger partial charge in [-0.25, -0.2) is 4.99 Å². The molecule has 0 aliphatic heterocycles. The molecule has 0 fully saturated rings. The molecule has 0 aliphatic rings. The topological polar surface area (TPSA) is 41.7 Å². The zero-order valence-corrected chi connectivity index (χ0v) is 20.4. The van der Waals surface area contributed by atoms with Gasteiger partial charge in [-0.3, -0.25) is 4.99 Å². The van der Waals surface area contributed by atoms with Crippen LogP contribution in [0.1, 0.15) is 31.4 Å². The lowest BCUT2D eigenvalue weighted by Crippen LogP contribution is -2.22. The standard InChI is InChI=1S/C31H30N4/c1-4-22(2)33-31(34-30(32-3)23-12-6-5-7-13-23)24-18-20-25(21-19-24)35-28-16-10-8-14-26(28)27-15-9-11-17-29(27)35/h5-22H,4H2,1-3H3,(H,32,33,34)/t22-/m0/s1. The van der Waals surface area contributed by atoms with E-state index in [1.54, 1.807) is 0 Å². The second kappa shape index (κ2) is 9.98. The van der Waals surface area contributed by atoms with Gasteiger partial charge in [0.15, 0.2) is 5.84 Å². The highest BCUT2D eigenvalue weighted by molar-refractivity contribution is 6.12. The number of fused-ring (bicyclic) bond motifs is 3.